The number of pyridine rings is 1. The second kappa shape index (κ2) is 6.97. The number of fused-ring (bicyclic) bond motifs is 7. The van der Waals surface area contributed by atoms with Crippen molar-refractivity contribution >= 4 is 38.2 Å². The van der Waals surface area contributed by atoms with Gasteiger partial charge in [-0.2, -0.15) is 0 Å². The largest absolute Gasteiger partial charge is 0.504 e. The minimum Gasteiger partial charge on any atom is -0.504 e. The van der Waals surface area contributed by atoms with Gasteiger partial charge in [0.2, 0.25) is 0 Å². The summed E-state index contributed by atoms with van der Waals surface area (Å²) < 4.78 is 12.4. The number of phenolic OH excluding ortho intramolecular Hbond substituents is 5. The highest BCUT2D eigenvalue weighted by molar-refractivity contribution is 6.21. The monoisotopic (exact) mass is 471 g/mol. The molecule has 0 spiro atoms. The summed E-state index contributed by atoms with van der Waals surface area (Å²) in [6.07, 6.45) is 1.65. The standard InChI is InChI=1S/C26H17NO8/c1-34-21-9-13-11(6-19(21)32)4-5-27-24(13)22(12-2-3-15(28)16(29)7-12)23-14-8-17(30)18(31)10-20(14)35-26(33)25(23)27/h2-10,28-32H,1H3. The number of nitrogens with zero attached hydrogens (tertiary/aromatic N) is 1. The first-order chi connectivity index (χ1) is 16.8. The zero-order chi connectivity index (χ0) is 24.6. The summed E-state index contributed by atoms with van der Waals surface area (Å²) in [4.78, 5) is 13.2. The molecule has 0 saturated carbocycles. The first-order valence-electron chi connectivity index (χ1n) is 10.5. The highest BCUT2D eigenvalue weighted by Gasteiger charge is 2.24. The average molecular weight is 471 g/mol. The Hall–Kier alpha value is -5.05. The second-order valence-corrected chi connectivity index (χ2v) is 8.17. The fourth-order valence-electron chi connectivity index (χ4n) is 4.66. The van der Waals surface area contributed by atoms with Crippen LogP contribution in [0.4, 0.5) is 0 Å². The van der Waals surface area contributed by atoms with Crippen LogP contribution in [0.2, 0.25) is 0 Å². The zero-order valence-corrected chi connectivity index (χ0v) is 18.1. The normalized spacial score (nSPS) is 11.7. The molecule has 0 aliphatic carbocycles. The molecule has 35 heavy (non-hydrogen) atoms. The Kier molecular flexibility index (Phi) is 4.09. The number of aromatic nitrogens is 1. The number of methoxy groups -OCH3 is 1. The first-order valence-corrected chi connectivity index (χ1v) is 10.5. The van der Waals surface area contributed by atoms with Crippen LogP contribution in [0.5, 0.6) is 34.5 Å². The van der Waals surface area contributed by atoms with Gasteiger partial charge >= 0.3 is 5.63 Å². The van der Waals surface area contributed by atoms with Gasteiger partial charge in [0.1, 0.15) is 11.1 Å². The van der Waals surface area contributed by atoms with Gasteiger partial charge in [-0.3, -0.25) is 0 Å². The molecule has 0 atom stereocenters. The summed E-state index contributed by atoms with van der Waals surface area (Å²) >= 11 is 0. The van der Waals surface area contributed by atoms with Crippen LogP contribution in [0.1, 0.15) is 0 Å². The molecule has 3 aromatic carbocycles. The number of ether oxygens (including phenoxy) is 1. The number of hydrogen-bond donors (Lipinski definition) is 5. The predicted molar refractivity (Wildman–Crippen MR) is 129 cm³/mol. The molecule has 0 bridgehead atoms. The average Bonchev–Trinajstić information content (AvgIpc) is 3.18. The van der Waals surface area contributed by atoms with Crippen molar-refractivity contribution in [3.05, 3.63) is 65.1 Å². The quantitative estimate of drug-likeness (QED) is 0.183. The minimum atomic E-state index is -0.688. The smallest absolute Gasteiger partial charge is 0.361 e. The van der Waals surface area contributed by atoms with Gasteiger partial charge in [-0.1, -0.05) is 6.07 Å². The van der Waals surface area contributed by atoms with Gasteiger partial charge in [0.15, 0.2) is 34.5 Å². The lowest BCUT2D eigenvalue weighted by Gasteiger charge is -2.10. The SMILES string of the molecule is COc1cc2c(ccn3c2c(-c2ccc(O)c(O)c2)c2c4cc(O)c(O)cc4oc(=O)c23)cc1O. The molecule has 6 aromatic rings. The van der Waals surface area contributed by atoms with Gasteiger partial charge < -0.3 is 39.1 Å². The Morgan fingerprint density at radius 3 is 2.26 bits per heavy atom. The van der Waals surface area contributed by atoms with E-state index in [1.807, 2.05) is 0 Å². The summed E-state index contributed by atoms with van der Waals surface area (Å²) in [6, 6.07) is 11.6. The second-order valence-electron chi connectivity index (χ2n) is 8.17. The molecule has 3 aromatic heterocycles. The van der Waals surface area contributed by atoms with Gasteiger partial charge in [-0.15, -0.1) is 0 Å². The van der Waals surface area contributed by atoms with Gasteiger partial charge in [-0.05, 0) is 47.3 Å². The van der Waals surface area contributed by atoms with Crippen molar-refractivity contribution < 1.29 is 34.7 Å². The van der Waals surface area contributed by atoms with Gasteiger partial charge in [0.25, 0.3) is 0 Å². The van der Waals surface area contributed by atoms with Gasteiger partial charge in [0.05, 0.1) is 12.6 Å². The third-order valence-corrected chi connectivity index (χ3v) is 6.22. The molecule has 3 heterocycles. The predicted octanol–water partition coefficient (Wildman–Crippen LogP) is 4.56. The maximum Gasteiger partial charge on any atom is 0.361 e. The van der Waals surface area contributed by atoms with Crippen LogP contribution in [0.25, 0.3) is 49.3 Å². The number of hydrogen-bond acceptors (Lipinski definition) is 8. The maximum atomic E-state index is 13.2. The van der Waals surface area contributed by atoms with Crippen LogP contribution in [0, 0.1) is 0 Å². The highest BCUT2D eigenvalue weighted by atomic mass is 16.5. The van der Waals surface area contributed by atoms with E-state index < -0.39 is 17.1 Å². The minimum absolute atomic E-state index is 0.0532. The molecule has 0 amide bonds. The lowest BCUT2D eigenvalue weighted by atomic mass is 9.98. The topological polar surface area (TPSA) is 145 Å². The van der Waals surface area contributed by atoms with Crippen LogP contribution < -0.4 is 10.4 Å². The van der Waals surface area contributed by atoms with E-state index in [0.29, 0.717) is 38.2 Å². The third kappa shape index (κ3) is 2.78. The number of aromatic hydroxyl groups is 5. The highest BCUT2D eigenvalue weighted by Crippen LogP contribution is 2.45. The fourth-order valence-corrected chi connectivity index (χ4v) is 4.66. The number of rotatable bonds is 2. The van der Waals surface area contributed by atoms with Gasteiger partial charge in [0, 0.05) is 34.0 Å². The van der Waals surface area contributed by atoms with Crippen LogP contribution in [0.15, 0.2) is 63.9 Å². The van der Waals surface area contributed by atoms with Crippen molar-refractivity contribution in [1.82, 2.24) is 4.40 Å². The Balaban J connectivity index is 1.96. The molecule has 9 nitrogen and oxygen atoms in total. The van der Waals surface area contributed by atoms with Crippen LogP contribution >= 0.6 is 0 Å². The number of phenols is 5. The summed E-state index contributed by atoms with van der Waals surface area (Å²) in [6.45, 7) is 0. The summed E-state index contributed by atoms with van der Waals surface area (Å²) in [5.41, 5.74) is 1.02. The zero-order valence-electron chi connectivity index (χ0n) is 18.1. The van der Waals surface area contributed by atoms with Crippen molar-refractivity contribution in [2.45, 2.75) is 0 Å². The Morgan fingerprint density at radius 2 is 1.51 bits per heavy atom. The van der Waals surface area contributed by atoms with E-state index in [9.17, 15) is 30.3 Å². The van der Waals surface area contributed by atoms with E-state index in [2.05, 4.69) is 0 Å². The molecule has 0 unspecified atom stereocenters. The first kappa shape index (κ1) is 20.5. The molecule has 0 aliphatic heterocycles. The van der Waals surface area contributed by atoms with Gasteiger partial charge in [-0.25, -0.2) is 4.79 Å². The molecular weight excluding hydrogens is 454 g/mol. The van der Waals surface area contributed by atoms with E-state index in [4.69, 9.17) is 9.15 Å². The molecule has 6 rings (SSSR count). The van der Waals surface area contributed by atoms with E-state index in [1.165, 1.54) is 31.4 Å². The van der Waals surface area contributed by atoms with E-state index in [0.717, 1.165) is 6.07 Å². The molecule has 0 radical (unpaired) electrons. The lowest BCUT2D eigenvalue weighted by Crippen LogP contribution is -2.02. The molecule has 174 valence electrons. The van der Waals surface area contributed by atoms with E-state index >= 15 is 0 Å². The van der Waals surface area contributed by atoms with Crippen molar-refractivity contribution in [2.75, 3.05) is 7.11 Å². The Morgan fingerprint density at radius 1 is 0.771 bits per heavy atom. The van der Waals surface area contributed by atoms with Crippen molar-refractivity contribution in [1.29, 1.82) is 0 Å². The summed E-state index contributed by atoms with van der Waals surface area (Å²) in [5.74, 6) is -1.37. The molecule has 0 saturated heterocycles. The van der Waals surface area contributed by atoms with Crippen LogP contribution in [-0.2, 0) is 0 Å². The molecule has 0 fully saturated rings. The maximum absolute atomic E-state index is 13.2. The Labute approximate surface area is 195 Å². The summed E-state index contributed by atoms with van der Waals surface area (Å²) in [7, 11) is 1.42. The molecular formula is C26H17NO8. The molecule has 5 N–H and O–H groups in total. The number of benzene rings is 3. The molecule has 9 heteroatoms. The molecule has 0 aliphatic rings. The van der Waals surface area contributed by atoms with Crippen molar-refractivity contribution in [3.63, 3.8) is 0 Å². The van der Waals surface area contributed by atoms with Crippen LogP contribution in [0.3, 0.4) is 0 Å². The third-order valence-electron chi connectivity index (χ3n) is 6.22. The van der Waals surface area contributed by atoms with Crippen molar-refractivity contribution in [3.8, 4) is 45.6 Å². The van der Waals surface area contributed by atoms with Crippen molar-refractivity contribution in [2.24, 2.45) is 0 Å². The van der Waals surface area contributed by atoms with E-state index in [-0.39, 0.29) is 34.1 Å². The lowest BCUT2D eigenvalue weighted by molar-refractivity contribution is 0.374. The summed E-state index contributed by atoms with van der Waals surface area (Å²) in [5, 5.41) is 52.7. The fraction of sp³-hybridized carbons (Fsp3) is 0.0385. The Bertz CT molecular complexity index is 1920. The van der Waals surface area contributed by atoms with Crippen LogP contribution in [-0.4, -0.2) is 37.0 Å². The van der Waals surface area contributed by atoms with E-state index in [1.54, 1.807) is 28.8 Å².